The van der Waals surface area contributed by atoms with Crippen LogP contribution in [0.1, 0.15) is 11.6 Å². The summed E-state index contributed by atoms with van der Waals surface area (Å²) in [5.74, 6) is -0.675. The predicted molar refractivity (Wildman–Crippen MR) is 103 cm³/mol. The van der Waals surface area contributed by atoms with Crippen molar-refractivity contribution in [3.05, 3.63) is 65.3 Å². The second-order valence-corrected chi connectivity index (χ2v) is 7.10. The molecule has 6 heteroatoms. The van der Waals surface area contributed by atoms with Crippen LogP contribution in [0.25, 0.3) is 10.1 Å². The van der Waals surface area contributed by atoms with E-state index in [2.05, 4.69) is 27.7 Å². The van der Waals surface area contributed by atoms with Gasteiger partial charge in [-0.05, 0) is 48.6 Å². The van der Waals surface area contributed by atoms with Gasteiger partial charge in [-0.2, -0.15) is 0 Å². The maximum Gasteiger partial charge on any atom is 0.258 e. The highest BCUT2D eigenvalue weighted by Crippen LogP contribution is 2.31. The molecule has 1 atom stereocenters. The Morgan fingerprint density at radius 1 is 1.19 bits per heavy atom. The number of halogens is 1. The summed E-state index contributed by atoms with van der Waals surface area (Å²) in [7, 11) is 3.97. The molecule has 0 aliphatic carbocycles. The zero-order chi connectivity index (χ0) is 18.5. The normalized spacial score (nSPS) is 12.3. The molecule has 0 aliphatic heterocycles. The second-order valence-electron chi connectivity index (χ2n) is 6.19. The summed E-state index contributed by atoms with van der Waals surface area (Å²) in [5.41, 5.74) is 1.19. The Balaban J connectivity index is 1.62. The van der Waals surface area contributed by atoms with Crippen LogP contribution < -0.4 is 10.1 Å². The van der Waals surface area contributed by atoms with E-state index in [1.54, 1.807) is 23.5 Å². The number of carbonyl (C=O) groups excluding carboxylic acids is 1. The highest BCUT2D eigenvalue weighted by atomic mass is 32.1. The quantitative estimate of drug-likeness (QED) is 0.685. The summed E-state index contributed by atoms with van der Waals surface area (Å²) < 4.78 is 20.0. The van der Waals surface area contributed by atoms with Crippen LogP contribution in [0.15, 0.2) is 53.9 Å². The van der Waals surface area contributed by atoms with Gasteiger partial charge in [0.2, 0.25) is 0 Å². The van der Waals surface area contributed by atoms with E-state index in [9.17, 15) is 9.18 Å². The number of amides is 1. The summed E-state index contributed by atoms with van der Waals surface area (Å²) in [4.78, 5) is 14.2. The second kappa shape index (κ2) is 8.29. The number of ether oxygens (including phenoxy) is 1. The third-order valence-electron chi connectivity index (χ3n) is 4.18. The van der Waals surface area contributed by atoms with Gasteiger partial charge in [0.25, 0.3) is 5.91 Å². The standard InChI is InChI=1S/C20H21FN2O2S/c1-23(2)17(15-13-26-19-10-6-3-7-14(15)19)11-22-20(24)12-25-18-9-5-4-8-16(18)21/h3-10,13,17H,11-12H2,1-2H3,(H,22,24)/t17-/m1/s1. The molecule has 3 rings (SSSR count). The molecule has 3 aromatic rings. The highest BCUT2D eigenvalue weighted by molar-refractivity contribution is 7.17. The molecule has 136 valence electrons. The van der Waals surface area contributed by atoms with E-state index in [1.807, 2.05) is 26.2 Å². The third kappa shape index (κ3) is 4.20. The molecule has 2 aromatic carbocycles. The number of para-hydroxylation sites is 1. The molecule has 0 saturated carbocycles. The van der Waals surface area contributed by atoms with Crippen LogP contribution in [0.3, 0.4) is 0 Å². The first-order valence-corrected chi connectivity index (χ1v) is 9.21. The average molecular weight is 372 g/mol. The summed E-state index contributed by atoms with van der Waals surface area (Å²) in [6.45, 7) is 0.235. The summed E-state index contributed by atoms with van der Waals surface area (Å²) >= 11 is 1.70. The first-order chi connectivity index (χ1) is 12.6. The van der Waals surface area contributed by atoms with Crippen molar-refractivity contribution >= 4 is 27.3 Å². The number of hydrogen-bond acceptors (Lipinski definition) is 4. The van der Waals surface area contributed by atoms with Crippen molar-refractivity contribution in [1.82, 2.24) is 10.2 Å². The van der Waals surface area contributed by atoms with Crippen LogP contribution in [0.2, 0.25) is 0 Å². The monoisotopic (exact) mass is 372 g/mol. The lowest BCUT2D eigenvalue weighted by Crippen LogP contribution is -2.36. The summed E-state index contributed by atoms with van der Waals surface area (Å²) in [6, 6.07) is 14.3. The summed E-state index contributed by atoms with van der Waals surface area (Å²) in [6.07, 6.45) is 0. The fourth-order valence-electron chi connectivity index (χ4n) is 2.79. The average Bonchev–Trinajstić information content (AvgIpc) is 3.05. The Kier molecular flexibility index (Phi) is 5.85. The molecule has 4 nitrogen and oxygen atoms in total. The molecule has 1 N–H and O–H groups in total. The molecule has 1 aromatic heterocycles. The molecule has 0 radical (unpaired) electrons. The van der Waals surface area contributed by atoms with Crippen LogP contribution in [-0.2, 0) is 4.79 Å². The van der Waals surface area contributed by atoms with Gasteiger partial charge in [0.05, 0.1) is 6.04 Å². The minimum atomic E-state index is -0.476. The summed E-state index contributed by atoms with van der Waals surface area (Å²) in [5, 5.41) is 6.22. The van der Waals surface area contributed by atoms with E-state index in [0.29, 0.717) is 6.54 Å². The fraction of sp³-hybridized carbons (Fsp3) is 0.250. The van der Waals surface area contributed by atoms with E-state index in [1.165, 1.54) is 27.8 Å². The molecule has 0 aliphatic rings. The van der Waals surface area contributed by atoms with Crippen LogP contribution in [-0.4, -0.2) is 38.1 Å². The fourth-order valence-corrected chi connectivity index (χ4v) is 3.80. The van der Waals surface area contributed by atoms with Crippen LogP contribution in [0, 0.1) is 5.82 Å². The number of benzene rings is 2. The maximum absolute atomic E-state index is 13.5. The minimum absolute atomic E-state index is 0.0450. The largest absolute Gasteiger partial charge is 0.481 e. The number of carbonyl (C=O) groups is 1. The highest BCUT2D eigenvalue weighted by Gasteiger charge is 2.19. The number of hydrogen-bond donors (Lipinski definition) is 1. The molecule has 0 bridgehead atoms. The van der Waals surface area contributed by atoms with Gasteiger partial charge in [-0.15, -0.1) is 11.3 Å². The molecule has 0 saturated heterocycles. The van der Waals surface area contributed by atoms with Crippen LogP contribution >= 0.6 is 11.3 Å². The number of fused-ring (bicyclic) bond motifs is 1. The van der Waals surface area contributed by atoms with Crippen molar-refractivity contribution in [2.24, 2.45) is 0 Å². The SMILES string of the molecule is CN(C)[C@H](CNC(=O)COc1ccccc1F)c1csc2ccccc12. The molecular formula is C20H21FN2O2S. The van der Waals surface area contributed by atoms with E-state index < -0.39 is 5.82 Å². The van der Waals surface area contributed by atoms with Crippen LogP contribution in [0.5, 0.6) is 5.75 Å². The number of nitrogens with one attached hydrogen (secondary N) is 1. The lowest BCUT2D eigenvalue weighted by atomic mass is 10.0. The lowest BCUT2D eigenvalue weighted by Gasteiger charge is -2.24. The molecule has 1 amide bonds. The molecule has 1 heterocycles. The van der Waals surface area contributed by atoms with E-state index in [4.69, 9.17) is 4.74 Å². The number of rotatable bonds is 7. The minimum Gasteiger partial charge on any atom is -0.481 e. The van der Waals surface area contributed by atoms with Gasteiger partial charge in [0.15, 0.2) is 18.2 Å². The Bertz CT molecular complexity index is 894. The van der Waals surface area contributed by atoms with Gasteiger partial charge in [0.1, 0.15) is 0 Å². The number of likely N-dealkylation sites (N-methyl/N-ethyl adjacent to an activating group) is 1. The van der Waals surface area contributed by atoms with Gasteiger partial charge in [0, 0.05) is 11.2 Å². The Hall–Kier alpha value is -2.44. The Morgan fingerprint density at radius 2 is 1.92 bits per heavy atom. The maximum atomic E-state index is 13.5. The van der Waals surface area contributed by atoms with Gasteiger partial charge < -0.3 is 15.0 Å². The molecule has 0 spiro atoms. The van der Waals surface area contributed by atoms with Crippen LogP contribution in [0.4, 0.5) is 4.39 Å². The van der Waals surface area contributed by atoms with E-state index in [-0.39, 0.29) is 24.3 Å². The van der Waals surface area contributed by atoms with Crippen molar-refractivity contribution in [3.8, 4) is 5.75 Å². The van der Waals surface area contributed by atoms with Crippen molar-refractivity contribution in [2.75, 3.05) is 27.2 Å². The Labute approximate surface area is 156 Å². The van der Waals surface area contributed by atoms with Gasteiger partial charge in [-0.25, -0.2) is 4.39 Å². The van der Waals surface area contributed by atoms with Crippen molar-refractivity contribution in [1.29, 1.82) is 0 Å². The molecular weight excluding hydrogens is 351 g/mol. The molecule has 0 fully saturated rings. The van der Waals surface area contributed by atoms with E-state index >= 15 is 0 Å². The van der Waals surface area contributed by atoms with Crippen molar-refractivity contribution < 1.29 is 13.9 Å². The smallest absolute Gasteiger partial charge is 0.258 e. The van der Waals surface area contributed by atoms with Crippen molar-refractivity contribution in [2.45, 2.75) is 6.04 Å². The predicted octanol–water partition coefficient (Wildman–Crippen LogP) is 3.84. The zero-order valence-electron chi connectivity index (χ0n) is 14.7. The number of thiophene rings is 1. The molecule has 26 heavy (non-hydrogen) atoms. The van der Waals surface area contributed by atoms with Gasteiger partial charge in [-0.3, -0.25) is 4.79 Å². The first kappa shape index (κ1) is 18.4. The molecule has 0 unspecified atom stereocenters. The van der Waals surface area contributed by atoms with Gasteiger partial charge in [-0.1, -0.05) is 30.3 Å². The van der Waals surface area contributed by atoms with E-state index in [0.717, 1.165) is 0 Å². The zero-order valence-corrected chi connectivity index (χ0v) is 15.6. The number of nitrogens with zero attached hydrogens (tertiary/aromatic N) is 1. The lowest BCUT2D eigenvalue weighted by molar-refractivity contribution is -0.123. The third-order valence-corrected chi connectivity index (χ3v) is 5.16. The Morgan fingerprint density at radius 3 is 2.69 bits per heavy atom. The van der Waals surface area contributed by atoms with Crippen molar-refractivity contribution in [3.63, 3.8) is 0 Å². The van der Waals surface area contributed by atoms with Gasteiger partial charge >= 0.3 is 0 Å². The topological polar surface area (TPSA) is 41.6 Å². The first-order valence-electron chi connectivity index (χ1n) is 8.33.